The molecule has 1 rings (SSSR count). The van der Waals surface area contributed by atoms with Gasteiger partial charge in [0.1, 0.15) is 5.41 Å². The zero-order chi connectivity index (χ0) is 10.9. The lowest BCUT2D eigenvalue weighted by Gasteiger charge is -2.34. The number of imide groups is 2. The summed E-state index contributed by atoms with van der Waals surface area (Å²) in [5, 5.41) is 2.16. The fraction of sp³-hybridized carbons (Fsp3) is 0.667. The average Bonchev–Trinajstić information content (AvgIpc) is 2.10. The van der Waals surface area contributed by atoms with E-state index < -0.39 is 23.3 Å². The van der Waals surface area contributed by atoms with Crippen LogP contribution in [-0.4, -0.2) is 29.3 Å². The summed E-state index contributed by atoms with van der Waals surface area (Å²) >= 11 is 0. The Bertz CT molecular complexity index is 296. The van der Waals surface area contributed by atoms with Crippen molar-refractivity contribution in [1.82, 2.24) is 10.2 Å². The van der Waals surface area contributed by atoms with Crippen LogP contribution in [0.15, 0.2) is 0 Å². The van der Waals surface area contributed by atoms with Crippen LogP contribution in [0.3, 0.4) is 0 Å². The van der Waals surface area contributed by atoms with Crippen molar-refractivity contribution in [3.63, 3.8) is 0 Å². The van der Waals surface area contributed by atoms with Gasteiger partial charge in [0, 0.05) is 6.54 Å². The highest BCUT2D eigenvalue weighted by molar-refractivity contribution is 6.18. The Morgan fingerprint density at radius 3 is 2.36 bits per heavy atom. The molecule has 0 radical (unpaired) electrons. The molecule has 1 N–H and O–H groups in total. The van der Waals surface area contributed by atoms with Crippen molar-refractivity contribution in [3.8, 4) is 0 Å². The van der Waals surface area contributed by atoms with Crippen molar-refractivity contribution < 1.29 is 14.4 Å². The summed E-state index contributed by atoms with van der Waals surface area (Å²) in [5.74, 6) is -0.951. The lowest BCUT2D eigenvalue weighted by Crippen LogP contribution is -2.61. The number of carbonyl (C=O) groups excluding carboxylic acids is 3. The number of carbonyl (C=O) groups is 3. The summed E-state index contributed by atoms with van der Waals surface area (Å²) in [6.07, 6.45) is 0.684. The van der Waals surface area contributed by atoms with E-state index >= 15 is 0 Å². The van der Waals surface area contributed by atoms with Gasteiger partial charge in [-0.25, -0.2) is 4.79 Å². The van der Waals surface area contributed by atoms with Crippen LogP contribution in [0.1, 0.15) is 27.2 Å². The third-order valence-corrected chi connectivity index (χ3v) is 2.26. The van der Waals surface area contributed by atoms with Crippen molar-refractivity contribution in [2.45, 2.75) is 27.2 Å². The number of nitrogens with zero attached hydrogens (tertiary/aromatic N) is 1. The highest BCUT2D eigenvalue weighted by Gasteiger charge is 2.46. The highest BCUT2D eigenvalue weighted by Crippen LogP contribution is 2.23. The van der Waals surface area contributed by atoms with Gasteiger partial charge in [-0.1, -0.05) is 6.92 Å². The first-order chi connectivity index (χ1) is 6.41. The lowest BCUT2D eigenvalue weighted by molar-refractivity contribution is -0.149. The van der Waals surface area contributed by atoms with Crippen LogP contribution in [0.5, 0.6) is 0 Å². The van der Waals surface area contributed by atoms with Gasteiger partial charge < -0.3 is 0 Å². The van der Waals surface area contributed by atoms with E-state index in [1.54, 1.807) is 0 Å². The summed E-state index contributed by atoms with van der Waals surface area (Å²) in [5.41, 5.74) is -1.14. The summed E-state index contributed by atoms with van der Waals surface area (Å²) in [4.78, 5) is 35.4. The van der Waals surface area contributed by atoms with Gasteiger partial charge in [0.2, 0.25) is 11.8 Å². The summed E-state index contributed by atoms with van der Waals surface area (Å²) in [7, 11) is 0. The zero-order valence-electron chi connectivity index (χ0n) is 8.59. The van der Waals surface area contributed by atoms with E-state index in [0.29, 0.717) is 13.0 Å². The van der Waals surface area contributed by atoms with Gasteiger partial charge in [-0.05, 0) is 20.3 Å². The number of amides is 4. The van der Waals surface area contributed by atoms with Crippen molar-refractivity contribution in [2.75, 3.05) is 6.54 Å². The van der Waals surface area contributed by atoms with Gasteiger partial charge in [-0.2, -0.15) is 0 Å². The molecule has 4 amide bonds. The second kappa shape index (κ2) is 3.40. The summed E-state index contributed by atoms with van der Waals surface area (Å²) in [6.45, 7) is 5.24. The molecule has 1 heterocycles. The molecule has 1 aliphatic heterocycles. The van der Waals surface area contributed by atoms with Crippen molar-refractivity contribution in [3.05, 3.63) is 0 Å². The summed E-state index contributed by atoms with van der Waals surface area (Å²) < 4.78 is 0. The van der Waals surface area contributed by atoms with Crippen LogP contribution >= 0.6 is 0 Å². The quantitative estimate of drug-likeness (QED) is 0.657. The molecule has 5 heteroatoms. The first-order valence-corrected chi connectivity index (χ1v) is 4.58. The van der Waals surface area contributed by atoms with Crippen molar-refractivity contribution >= 4 is 17.8 Å². The standard InChI is InChI=1S/C9H14N2O3/c1-4-5-11-7(13)9(2,3)6(12)10-8(11)14/h4-5H2,1-3H3,(H,10,12,14). The zero-order valence-corrected chi connectivity index (χ0v) is 8.59. The molecule has 0 aromatic rings. The van der Waals surface area contributed by atoms with Crippen molar-refractivity contribution in [1.29, 1.82) is 0 Å². The Hall–Kier alpha value is -1.39. The monoisotopic (exact) mass is 198 g/mol. The van der Waals surface area contributed by atoms with E-state index in [0.717, 1.165) is 4.90 Å². The molecule has 1 saturated heterocycles. The van der Waals surface area contributed by atoms with Crippen LogP contribution in [0.4, 0.5) is 4.79 Å². The normalized spacial score (nSPS) is 21.1. The minimum Gasteiger partial charge on any atom is -0.277 e. The molecule has 0 spiro atoms. The maximum Gasteiger partial charge on any atom is 0.330 e. The van der Waals surface area contributed by atoms with Crippen molar-refractivity contribution in [2.24, 2.45) is 5.41 Å². The predicted molar refractivity (Wildman–Crippen MR) is 49.3 cm³/mol. The molecular formula is C9H14N2O3. The first kappa shape index (κ1) is 10.7. The molecule has 0 atom stereocenters. The number of nitrogens with one attached hydrogen (secondary N) is 1. The Labute approximate surface area is 82.4 Å². The van der Waals surface area contributed by atoms with Crippen LogP contribution in [-0.2, 0) is 9.59 Å². The molecule has 0 bridgehead atoms. The van der Waals surface area contributed by atoms with Crippen LogP contribution in [0.25, 0.3) is 0 Å². The maximum atomic E-state index is 11.7. The molecule has 0 aliphatic carbocycles. The topological polar surface area (TPSA) is 66.5 Å². The van der Waals surface area contributed by atoms with Crippen LogP contribution in [0, 0.1) is 5.41 Å². The van der Waals surface area contributed by atoms with Gasteiger partial charge >= 0.3 is 6.03 Å². The third-order valence-electron chi connectivity index (χ3n) is 2.26. The number of hydrogen-bond donors (Lipinski definition) is 1. The number of barbiturate groups is 1. The molecule has 0 aromatic carbocycles. The van der Waals surface area contributed by atoms with E-state index in [-0.39, 0.29) is 0 Å². The SMILES string of the molecule is CCCN1C(=O)NC(=O)C(C)(C)C1=O. The number of urea groups is 1. The van der Waals surface area contributed by atoms with E-state index in [2.05, 4.69) is 5.32 Å². The Kier molecular flexibility index (Phi) is 2.59. The molecule has 0 saturated carbocycles. The van der Waals surface area contributed by atoms with E-state index in [4.69, 9.17) is 0 Å². The molecule has 0 aromatic heterocycles. The Balaban J connectivity index is 2.95. The Morgan fingerprint density at radius 1 is 1.29 bits per heavy atom. The van der Waals surface area contributed by atoms with Crippen LogP contribution < -0.4 is 5.32 Å². The van der Waals surface area contributed by atoms with E-state index in [9.17, 15) is 14.4 Å². The highest BCUT2D eigenvalue weighted by atomic mass is 16.2. The Morgan fingerprint density at radius 2 is 1.86 bits per heavy atom. The van der Waals surface area contributed by atoms with E-state index in [1.807, 2.05) is 6.92 Å². The van der Waals surface area contributed by atoms with Gasteiger partial charge in [0.05, 0.1) is 0 Å². The number of hydrogen-bond acceptors (Lipinski definition) is 3. The molecule has 5 nitrogen and oxygen atoms in total. The third kappa shape index (κ3) is 1.49. The molecule has 1 aliphatic rings. The molecule has 1 fully saturated rings. The first-order valence-electron chi connectivity index (χ1n) is 4.58. The van der Waals surface area contributed by atoms with Gasteiger partial charge in [0.25, 0.3) is 0 Å². The maximum absolute atomic E-state index is 11.7. The molecule has 78 valence electrons. The molecule has 14 heavy (non-hydrogen) atoms. The predicted octanol–water partition coefficient (Wildman–Crippen LogP) is 0.501. The van der Waals surface area contributed by atoms with Crippen LogP contribution in [0.2, 0.25) is 0 Å². The fourth-order valence-electron chi connectivity index (χ4n) is 1.27. The lowest BCUT2D eigenvalue weighted by atomic mass is 9.89. The fourth-order valence-corrected chi connectivity index (χ4v) is 1.27. The van der Waals surface area contributed by atoms with Gasteiger partial charge in [-0.3, -0.25) is 19.8 Å². The average molecular weight is 198 g/mol. The van der Waals surface area contributed by atoms with E-state index in [1.165, 1.54) is 13.8 Å². The molecular weight excluding hydrogens is 184 g/mol. The minimum absolute atomic E-state index is 0.349. The number of rotatable bonds is 2. The second-order valence-electron chi connectivity index (χ2n) is 3.84. The smallest absolute Gasteiger partial charge is 0.277 e. The largest absolute Gasteiger partial charge is 0.330 e. The summed E-state index contributed by atoms with van der Waals surface area (Å²) in [6, 6.07) is -0.610. The van der Waals surface area contributed by atoms with Gasteiger partial charge in [-0.15, -0.1) is 0 Å². The second-order valence-corrected chi connectivity index (χ2v) is 3.84. The molecule has 0 unspecified atom stereocenters. The minimum atomic E-state index is -1.14. The van der Waals surface area contributed by atoms with Gasteiger partial charge in [0.15, 0.2) is 0 Å².